The Balaban J connectivity index is 0.000000182. The van der Waals surface area contributed by atoms with Crippen LogP contribution in [0.5, 0.6) is 11.5 Å². The Bertz CT molecular complexity index is 1570. The van der Waals surface area contributed by atoms with Crippen molar-refractivity contribution in [2.45, 2.75) is 38.9 Å². The molecule has 2 aromatic carbocycles. The summed E-state index contributed by atoms with van der Waals surface area (Å²) in [5, 5.41) is 21.3. The van der Waals surface area contributed by atoms with Crippen molar-refractivity contribution in [3.05, 3.63) is 80.5 Å². The van der Waals surface area contributed by atoms with Crippen molar-refractivity contribution in [3.63, 3.8) is 0 Å². The number of carbonyl (C=O) groups is 1. The van der Waals surface area contributed by atoms with Gasteiger partial charge in [0, 0.05) is 6.04 Å². The molecule has 1 aliphatic heterocycles. The van der Waals surface area contributed by atoms with Crippen LogP contribution in [0, 0.1) is 13.8 Å². The Kier molecular flexibility index (Phi) is 9.36. The smallest absolute Gasteiger partial charge is 0.490 e. The lowest BCUT2D eigenvalue weighted by molar-refractivity contribution is -0.192. The highest BCUT2D eigenvalue weighted by molar-refractivity contribution is 5.84. The third-order valence-electron chi connectivity index (χ3n) is 5.58. The third-order valence-corrected chi connectivity index (χ3v) is 5.58. The minimum absolute atomic E-state index is 0.0325. The van der Waals surface area contributed by atoms with E-state index in [1.54, 1.807) is 12.1 Å². The van der Waals surface area contributed by atoms with Crippen LogP contribution in [0.25, 0.3) is 21.9 Å². The van der Waals surface area contributed by atoms with Crippen LogP contribution in [0.1, 0.15) is 24.0 Å². The molecule has 208 valence electrons. The molecule has 3 heterocycles. The molecule has 0 saturated carbocycles. The van der Waals surface area contributed by atoms with E-state index >= 15 is 0 Å². The van der Waals surface area contributed by atoms with Crippen molar-refractivity contribution < 1.29 is 41.8 Å². The van der Waals surface area contributed by atoms with E-state index in [0.29, 0.717) is 35.0 Å². The highest BCUT2D eigenvalue weighted by atomic mass is 19.4. The molecule has 2 aromatic heterocycles. The Morgan fingerprint density at radius 3 is 2.05 bits per heavy atom. The van der Waals surface area contributed by atoms with Gasteiger partial charge in [-0.25, -0.2) is 14.4 Å². The monoisotopic (exact) mass is 549 g/mol. The number of hydrogen-bond acceptors (Lipinski definition) is 8. The normalized spacial score (nSPS) is 14.7. The zero-order chi connectivity index (χ0) is 28.7. The maximum atomic E-state index is 11.5. The molecule has 12 heteroatoms. The Labute approximate surface area is 219 Å². The number of nitrogens with one attached hydrogen (secondary N) is 1. The van der Waals surface area contributed by atoms with Crippen LogP contribution in [-0.4, -0.2) is 41.6 Å². The van der Waals surface area contributed by atoms with Crippen LogP contribution in [0.15, 0.2) is 67.0 Å². The topological polar surface area (TPSA) is 139 Å². The van der Waals surface area contributed by atoms with E-state index in [-0.39, 0.29) is 11.4 Å². The van der Waals surface area contributed by atoms with Gasteiger partial charge in [-0.3, -0.25) is 0 Å². The highest BCUT2D eigenvalue weighted by Gasteiger charge is 2.38. The summed E-state index contributed by atoms with van der Waals surface area (Å²) in [5.74, 6) is -2.17. The van der Waals surface area contributed by atoms with Crippen molar-refractivity contribution in [3.8, 4) is 11.5 Å². The first-order chi connectivity index (χ1) is 18.3. The summed E-state index contributed by atoms with van der Waals surface area (Å²) >= 11 is 0. The second-order valence-electron chi connectivity index (χ2n) is 8.79. The van der Waals surface area contributed by atoms with Crippen molar-refractivity contribution in [1.82, 2.24) is 5.32 Å². The number of hydrogen-bond donors (Lipinski definition) is 3. The van der Waals surface area contributed by atoms with Gasteiger partial charge in [-0.2, -0.15) is 13.2 Å². The summed E-state index contributed by atoms with van der Waals surface area (Å²) in [4.78, 5) is 31.3. The van der Waals surface area contributed by atoms with E-state index in [1.165, 1.54) is 12.5 Å². The fraction of sp³-hybridized carbons (Fsp3) is 0.296. The number of rotatable bonds is 3. The summed E-state index contributed by atoms with van der Waals surface area (Å²) < 4.78 is 47.6. The molecule has 0 unspecified atom stereocenters. The average Bonchev–Trinajstić information content (AvgIpc) is 3.37. The number of aromatic hydroxyl groups is 1. The fourth-order valence-electron chi connectivity index (χ4n) is 3.72. The van der Waals surface area contributed by atoms with Crippen LogP contribution in [0.3, 0.4) is 0 Å². The first kappa shape index (κ1) is 29.2. The Hall–Kier alpha value is -4.32. The van der Waals surface area contributed by atoms with Gasteiger partial charge in [0.25, 0.3) is 0 Å². The molecule has 0 spiro atoms. The number of fused-ring (bicyclic) bond motifs is 2. The predicted octanol–water partition coefficient (Wildman–Crippen LogP) is 4.67. The number of aryl methyl sites for hydroxylation is 2. The molecule has 39 heavy (non-hydrogen) atoms. The molecule has 1 fully saturated rings. The molecule has 1 aliphatic rings. The van der Waals surface area contributed by atoms with Gasteiger partial charge in [-0.1, -0.05) is 23.3 Å². The lowest BCUT2D eigenvalue weighted by atomic mass is 10.1. The number of carboxylic acid groups (broad SMARTS) is 1. The molecular formula is C27H26F3NO8. The summed E-state index contributed by atoms with van der Waals surface area (Å²) in [6, 6.07) is 13.9. The standard InChI is InChI=1S/C15H17NO3.C10H8O3.C2HF3O2/c1-10-4-5-13-12(7-10)14(8-15(17)19-13)18-9-11-3-2-6-16-11;1-6-2-3-9-7(4-6)8(11)5-10(12)13-9;3-2(4,5)1(6)7/h4-5,7-8,11,16H,2-3,6,9H2,1H3;2-5,11H,1H3;(H,6,7)/t11-;;/m1../s1. The van der Waals surface area contributed by atoms with Crippen molar-refractivity contribution in [1.29, 1.82) is 0 Å². The lowest BCUT2D eigenvalue weighted by Crippen LogP contribution is -2.28. The largest absolute Gasteiger partial charge is 0.507 e. The highest BCUT2D eigenvalue weighted by Crippen LogP contribution is 2.25. The van der Waals surface area contributed by atoms with Crippen LogP contribution in [0.2, 0.25) is 0 Å². The van der Waals surface area contributed by atoms with Crippen molar-refractivity contribution >= 4 is 27.9 Å². The third kappa shape index (κ3) is 8.34. The van der Waals surface area contributed by atoms with E-state index in [2.05, 4.69) is 5.32 Å². The molecule has 5 rings (SSSR count). The molecule has 1 atom stereocenters. The van der Waals surface area contributed by atoms with Gasteiger partial charge in [0.1, 0.15) is 29.3 Å². The number of aliphatic carboxylic acids is 1. The average molecular weight is 549 g/mol. The maximum Gasteiger partial charge on any atom is 0.490 e. The number of carboxylic acids is 1. The minimum atomic E-state index is -5.08. The van der Waals surface area contributed by atoms with Crippen LogP contribution >= 0.6 is 0 Å². The number of alkyl halides is 3. The second-order valence-corrected chi connectivity index (χ2v) is 8.79. The van der Waals surface area contributed by atoms with E-state index in [4.69, 9.17) is 23.5 Å². The Morgan fingerprint density at radius 1 is 0.974 bits per heavy atom. The summed E-state index contributed by atoms with van der Waals surface area (Å²) in [6.45, 7) is 5.55. The first-order valence-electron chi connectivity index (χ1n) is 11.8. The molecule has 0 aliphatic carbocycles. The van der Waals surface area contributed by atoms with Crippen LogP contribution in [-0.2, 0) is 4.79 Å². The molecule has 4 aromatic rings. The van der Waals surface area contributed by atoms with Crippen LogP contribution < -0.4 is 21.3 Å². The quantitative estimate of drug-likeness (QED) is 0.311. The summed E-state index contributed by atoms with van der Waals surface area (Å²) in [5.41, 5.74) is 2.21. The van der Waals surface area contributed by atoms with Gasteiger partial charge < -0.3 is 29.1 Å². The zero-order valence-electron chi connectivity index (χ0n) is 21.0. The van der Waals surface area contributed by atoms with Gasteiger partial charge in [0.2, 0.25) is 0 Å². The van der Waals surface area contributed by atoms with Gasteiger partial charge in [0.15, 0.2) is 0 Å². The minimum Gasteiger partial charge on any atom is -0.507 e. The predicted molar refractivity (Wildman–Crippen MR) is 136 cm³/mol. The molecule has 9 nitrogen and oxygen atoms in total. The molecule has 0 amide bonds. The molecule has 1 saturated heterocycles. The fourth-order valence-corrected chi connectivity index (χ4v) is 3.72. The van der Waals surface area contributed by atoms with Crippen LogP contribution in [0.4, 0.5) is 13.2 Å². The molecule has 0 bridgehead atoms. The first-order valence-corrected chi connectivity index (χ1v) is 11.8. The van der Waals surface area contributed by atoms with Crippen molar-refractivity contribution in [2.24, 2.45) is 0 Å². The molecule has 0 radical (unpaired) electrons. The van der Waals surface area contributed by atoms with E-state index < -0.39 is 17.8 Å². The molecular weight excluding hydrogens is 523 g/mol. The SMILES string of the molecule is Cc1ccc2oc(=O)cc(O)c2c1.Cc1ccc2oc(=O)cc(OC[C@H]3CCCN3)c2c1.O=C(O)C(F)(F)F. The van der Waals surface area contributed by atoms with Gasteiger partial charge in [-0.15, -0.1) is 0 Å². The van der Waals surface area contributed by atoms with Gasteiger partial charge >= 0.3 is 23.4 Å². The van der Waals surface area contributed by atoms with Crippen molar-refractivity contribution in [2.75, 3.05) is 13.2 Å². The van der Waals surface area contributed by atoms with E-state index in [0.717, 1.165) is 35.5 Å². The number of benzene rings is 2. The van der Waals surface area contributed by atoms with Gasteiger partial charge in [0.05, 0.1) is 22.9 Å². The second kappa shape index (κ2) is 12.5. The van der Waals surface area contributed by atoms with E-state index in [9.17, 15) is 27.9 Å². The van der Waals surface area contributed by atoms with E-state index in [1.807, 2.05) is 38.1 Å². The summed E-state index contributed by atoms with van der Waals surface area (Å²) in [7, 11) is 0. The lowest BCUT2D eigenvalue weighted by Gasteiger charge is -2.13. The van der Waals surface area contributed by atoms with Gasteiger partial charge in [-0.05, 0) is 57.5 Å². The summed E-state index contributed by atoms with van der Waals surface area (Å²) in [6.07, 6.45) is -2.77. The number of ether oxygens (including phenoxy) is 1. The molecule has 3 N–H and O–H groups in total. The number of halogens is 3. The Morgan fingerprint density at radius 2 is 1.51 bits per heavy atom. The maximum absolute atomic E-state index is 11.5. The zero-order valence-corrected chi connectivity index (χ0v) is 21.0.